The van der Waals surface area contributed by atoms with E-state index < -0.39 is 0 Å². The van der Waals surface area contributed by atoms with Crippen LogP contribution in [0.3, 0.4) is 0 Å². The van der Waals surface area contributed by atoms with Crippen molar-refractivity contribution in [3.63, 3.8) is 0 Å². The summed E-state index contributed by atoms with van der Waals surface area (Å²) in [6, 6.07) is 6.45. The first kappa shape index (κ1) is 18.0. The summed E-state index contributed by atoms with van der Waals surface area (Å²) in [5, 5.41) is 3.06. The Morgan fingerprint density at radius 2 is 2.12 bits per heavy atom. The van der Waals surface area contributed by atoms with E-state index in [1.54, 1.807) is 0 Å². The van der Waals surface area contributed by atoms with Crippen LogP contribution in [0, 0.1) is 0 Å². The maximum Gasteiger partial charge on any atom is 0.231 e. The molecule has 0 aromatic heterocycles. The summed E-state index contributed by atoms with van der Waals surface area (Å²) < 4.78 is 10.8. The van der Waals surface area contributed by atoms with Gasteiger partial charge in [-0.1, -0.05) is 13.0 Å². The second-order valence-corrected chi connectivity index (χ2v) is 6.85. The highest BCUT2D eigenvalue weighted by atomic mass is 16.7. The van der Waals surface area contributed by atoms with E-state index in [9.17, 15) is 4.79 Å². The highest BCUT2D eigenvalue weighted by Gasteiger charge is 2.18. The van der Waals surface area contributed by atoms with E-state index in [1.807, 2.05) is 6.07 Å². The highest BCUT2D eigenvalue weighted by molar-refractivity contribution is 5.75. The number of likely N-dealkylation sites (tertiary alicyclic amines) is 1. The van der Waals surface area contributed by atoms with Crippen LogP contribution in [0.2, 0.25) is 0 Å². The lowest BCUT2D eigenvalue weighted by Gasteiger charge is -2.31. The molecule has 1 aromatic carbocycles. The summed E-state index contributed by atoms with van der Waals surface area (Å²) in [7, 11) is 0. The lowest BCUT2D eigenvalue weighted by molar-refractivity contribution is -0.122. The van der Waals surface area contributed by atoms with Gasteiger partial charge in [-0.3, -0.25) is 9.69 Å². The van der Waals surface area contributed by atoms with Crippen LogP contribution in [0.25, 0.3) is 0 Å². The minimum absolute atomic E-state index is 0.139. The number of carbonyl (C=O) groups is 1. The summed E-state index contributed by atoms with van der Waals surface area (Å²) in [5.41, 5.74) is 1.22. The summed E-state index contributed by atoms with van der Waals surface area (Å²) >= 11 is 0. The van der Waals surface area contributed by atoms with Crippen molar-refractivity contribution < 1.29 is 14.3 Å². The number of rotatable bonds is 9. The quantitative estimate of drug-likeness (QED) is 0.691. The second-order valence-electron chi connectivity index (χ2n) is 6.85. The van der Waals surface area contributed by atoms with Crippen LogP contribution in [0.4, 0.5) is 0 Å². The Morgan fingerprint density at radius 1 is 1.32 bits per heavy atom. The third kappa shape index (κ3) is 4.86. The smallest absolute Gasteiger partial charge is 0.231 e. The van der Waals surface area contributed by atoms with Crippen LogP contribution in [0.15, 0.2) is 18.2 Å². The van der Waals surface area contributed by atoms with Gasteiger partial charge in [0.05, 0.1) is 6.67 Å². The molecule has 2 aliphatic heterocycles. The minimum Gasteiger partial charge on any atom is -0.454 e. The number of likely N-dealkylation sites (N-methyl/N-ethyl adjacent to an activating group) is 1. The molecule has 6 heteroatoms. The Hall–Kier alpha value is -1.79. The molecule has 1 saturated heterocycles. The fourth-order valence-electron chi connectivity index (χ4n) is 3.26. The van der Waals surface area contributed by atoms with Gasteiger partial charge in [-0.25, -0.2) is 0 Å². The van der Waals surface area contributed by atoms with Crippen LogP contribution >= 0.6 is 0 Å². The maximum atomic E-state index is 12.0. The molecule has 138 valence electrons. The van der Waals surface area contributed by atoms with Gasteiger partial charge in [0, 0.05) is 19.0 Å². The molecular formula is C19H29N3O3. The first-order valence-corrected chi connectivity index (χ1v) is 9.27. The van der Waals surface area contributed by atoms with Crippen molar-refractivity contribution in [2.75, 3.05) is 39.6 Å². The molecule has 1 aromatic rings. The summed E-state index contributed by atoms with van der Waals surface area (Å²) in [6.07, 6.45) is 2.77. The normalized spacial score (nSPS) is 17.4. The molecule has 1 amide bonds. The first-order valence-electron chi connectivity index (χ1n) is 9.27. The van der Waals surface area contributed by atoms with Gasteiger partial charge in [0.2, 0.25) is 12.7 Å². The lowest BCUT2D eigenvalue weighted by atomic mass is 10.1. The van der Waals surface area contributed by atoms with Gasteiger partial charge >= 0.3 is 0 Å². The number of hydrogen-bond acceptors (Lipinski definition) is 5. The molecule has 3 rings (SSSR count). The molecule has 6 nitrogen and oxygen atoms in total. The standard InChI is InChI=1S/C19H29N3O3/c1-3-22(13-20-19(23)7-10-21-8-4-9-21)15(2)11-16-5-6-17-18(12-16)25-14-24-17/h5-6,12,15H,3-4,7-11,13-14H2,1-2H3,(H,20,23). The molecule has 0 radical (unpaired) electrons. The van der Waals surface area contributed by atoms with Gasteiger partial charge in [0.25, 0.3) is 0 Å². The number of carbonyl (C=O) groups excluding carboxylic acids is 1. The molecular weight excluding hydrogens is 318 g/mol. The minimum atomic E-state index is 0.139. The van der Waals surface area contributed by atoms with E-state index in [0.717, 1.165) is 44.1 Å². The van der Waals surface area contributed by atoms with Gasteiger partial charge in [-0.15, -0.1) is 0 Å². The van der Waals surface area contributed by atoms with Gasteiger partial charge in [-0.2, -0.15) is 0 Å². The number of ether oxygens (including phenoxy) is 2. The summed E-state index contributed by atoms with van der Waals surface area (Å²) in [4.78, 5) is 16.6. The number of nitrogens with one attached hydrogen (secondary N) is 1. The van der Waals surface area contributed by atoms with Crippen LogP contribution in [-0.4, -0.2) is 61.4 Å². The number of benzene rings is 1. The zero-order valence-corrected chi connectivity index (χ0v) is 15.3. The van der Waals surface area contributed by atoms with Crippen LogP contribution in [-0.2, 0) is 11.2 Å². The molecule has 2 aliphatic rings. The Kier molecular flexibility index (Phi) is 6.15. The Morgan fingerprint density at radius 3 is 2.84 bits per heavy atom. The SMILES string of the molecule is CCN(CNC(=O)CCN1CCC1)C(C)Cc1ccc2c(c1)OCO2. The average Bonchev–Trinajstić information content (AvgIpc) is 3.01. The summed E-state index contributed by atoms with van der Waals surface area (Å²) in [6.45, 7) is 9.29. The molecule has 2 heterocycles. The molecule has 0 aliphatic carbocycles. The largest absolute Gasteiger partial charge is 0.454 e. The Labute approximate surface area is 150 Å². The van der Waals surface area contributed by atoms with Crippen molar-refractivity contribution in [1.29, 1.82) is 0 Å². The predicted octanol–water partition coefficient (Wildman–Crippen LogP) is 1.84. The maximum absolute atomic E-state index is 12.0. The zero-order chi connectivity index (χ0) is 17.6. The average molecular weight is 347 g/mol. The first-order chi connectivity index (χ1) is 12.2. The van der Waals surface area contributed by atoms with Gasteiger partial charge in [-0.05, 0) is 57.1 Å². The third-order valence-electron chi connectivity index (χ3n) is 5.08. The number of nitrogens with zero attached hydrogens (tertiary/aromatic N) is 2. The molecule has 0 spiro atoms. The Balaban J connectivity index is 1.43. The van der Waals surface area contributed by atoms with Crippen molar-refractivity contribution in [2.45, 2.75) is 39.2 Å². The fourth-order valence-corrected chi connectivity index (χ4v) is 3.26. The molecule has 0 saturated carbocycles. The van der Waals surface area contributed by atoms with Crippen molar-refractivity contribution in [3.05, 3.63) is 23.8 Å². The molecule has 1 unspecified atom stereocenters. The molecule has 0 bridgehead atoms. The van der Waals surface area contributed by atoms with Crippen LogP contribution in [0.1, 0.15) is 32.3 Å². The zero-order valence-electron chi connectivity index (χ0n) is 15.3. The van der Waals surface area contributed by atoms with E-state index in [1.165, 1.54) is 12.0 Å². The van der Waals surface area contributed by atoms with Gasteiger partial charge < -0.3 is 19.7 Å². The van der Waals surface area contributed by atoms with E-state index >= 15 is 0 Å². The van der Waals surface area contributed by atoms with Crippen LogP contribution in [0.5, 0.6) is 11.5 Å². The van der Waals surface area contributed by atoms with Crippen molar-refractivity contribution in [3.8, 4) is 11.5 Å². The van der Waals surface area contributed by atoms with Crippen LogP contribution < -0.4 is 14.8 Å². The number of amides is 1. The molecule has 25 heavy (non-hydrogen) atoms. The number of fused-ring (bicyclic) bond motifs is 1. The van der Waals surface area contributed by atoms with Gasteiger partial charge in [0.15, 0.2) is 11.5 Å². The van der Waals surface area contributed by atoms with E-state index in [0.29, 0.717) is 25.9 Å². The molecule has 1 fully saturated rings. The predicted molar refractivity (Wildman–Crippen MR) is 96.8 cm³/mol. The van der Waals surface area contributed by atoms with E-state index in [-0.39, 0.29) is 5.91 Å². The fraction of sp³-hybridized carbons (Fsp3) is 0.632. The lowest BCUT2D eigenvalue weighted by Crippen LogP contribution is -2.44. The second kappa shape index (κ2) is 8.54. The van der Waals surface area contributed by atoms with Crippen molar-refractivity contribution >= 4 is 5.91 Å². The Bertz CT molecular complexity index is 589. The van der Waals surface area contributed by atoms with E-state index in [2.05, 4.69) is 41.1 Å². The molecule has 1 N–H and O–H groups in total. The highest BCUT2D eigenvalue weighted by Crippen LogP contribution is 2.32. The number of hydrogen-bond donors (Lipinski definition) is 1. The van der Waals surface area contributed by atoms with Crippen molar-refractivity contribution in [1.82, 2.24) is 15.1 Å². The third-order valence-corrected chi connectivity index (χ3v) is 5.08. The van der Waals surface area contributed by atoms with E-state index in [4.69, 9.17) is 9.47 Å². The topological polar surface area (TPSA) is 54.0 Å². The molecule has 1 atom stereocenters. The summed E-state index contributed by atoms with van der Waals surface area (Å²) in [5.74, 6) is 1.78. The van der Waals surface area contributed by atoms with Gasteiger partial charge in [0.1, 0.15) is 0 Å². The van der Waals surface area contributed by atoms with Crippen molar-refractivity contribution in [2.24, 2.45) is 0 Å². The monoisotopic (exact) mass is 347 g/mol.